The zero-order valence-corrected chi connectivity index (χ0v) is 19.8. The van der Waals surface area contributed by atoms with Crippen LogP contribution in [-0.4, -0.2) is 32.1 Å². The Morgan fingerprint density at radius 1 is 1.03 bits per heavy atom. The van der Waals surface area contributed by atoms with Gasteiger partial charge in [0.15, 0.2) is 0 Å². The first kappa shape index (κ1) is 23.4. The largest absolute Gasteiger partial charge is 0.271 e. The van der Waals surface area contributed by atoms with Crippen molar-refractivity contribution >= 4 is 50.3 Å². The quantitative estimate of drug-likeness (QED) is 0.233. The van der Waals surface area contributed by atoms with Crippen LogP contribution in [0.25, 0.3) is 10.9 Å². The van der Waals surface area contributed by atoms with Crippen molar-refractivity contribution in [3.63, 3.8) is 0 Å². The number of halogens is 1. The Morgan fingerprint density at radius 2 is 1.71 bits per heavy atom. The lowest BCUT2D eigenvalue weighted by Gasteiger charge is -2.23. The number of amides is 1. The molecule has 1 N–H and O–H groups in total. The number of nitrogens with one attached hydrogen (secondary N) is 1. The molecule has 172 valence electrons. The maximum absolute atomic E-state index is 13.3. The summed E-state index contributed by atoms with van der Waals surface area (Å²) in [7, 11) is -3.98. The van der Waals surface area contributed by atoms with Crippen LogP contribution in [0.3, 0.4) is 0 Å². The summed E-state index contributed by atoms with van der Waals surface area (Å²) >= 11 is 6.22. The first-order valence-corrected chi connectivity index (χ1v) is 12.2. The zero-order valence-electron chi connectivity index (χ0n) is 18.2. The van der Waals surface area contributed by atoms with Crippen LogP contribution in [0.5, 0.6) is 0 Å². The fourth-order valence-electron chi connectivity index (χ4n) is 3.28. The molecule has 4 rings (SSSR count). The number of hydrogen-bond donors (Lipinski definition) is 1. The predicted octanol–water partition coefficient (Wildman–Crippen LogP) is 4.54. The summed E-state index contributed by atoms with van der Waals surface area (Å²) < 4.78 is 27.7. The van der Waals surface area contributed by atoms with E-state index in [-0.39, 0.29) is 10.0 Å². The molecule has 0 saturated heterocycles. The van der Waals surface area contributed by atoms with Crippen molar-refractivity contribution in [2.24, 2.45) is 5.10 Å². The van der Waals surface area contributed by atoms with Gasteiger partial charge in [0.1, 0.15) is 11.7 Å². The molecular formula is C25H21ClN4O3S. The Labute approximate surface area is 202 Å². The maximum atomic E-state index is 13.3. The van der Waals surface area contributed by atoms with E-state index >= 15 is 0 Å². The number of pyridine rings is 1. The predicted molar refractivity (Wildman–Crippen MR) is 135 cm³/mol. The third-order valence-corrected chi connectivity index (χ3v) is 7.13. The molecule has 0 radical (unpaired) electrons. The smallest absolute Gasteiger partial charge is 0.264 e. The van der Waals surface area contributed by atoms with Gasteiger partial charge in [0.25, 0.3) is 15.9 Å². The molecule has 34 heavy (non-hydrogen) atoms. The van der Waals surface area contributed by atoms with Crippen LogP contribution in [0.1, 0.15) is 11.1 Å². The van der Waals surface area contributed by atoms with E-state index < -0.39 is 22.5 Å². The summed E-state index contributed by atoms with van der Waals surface area (Å²) in [6.45, 7) is 1.44. The van der Waals surface area contributed by atoms with E-state index in [9.17, 15) is 13.2 Å². The Kier molecular flexibility index (Phi) is 6.90. The van der Waals surface area contributed by atoms with Crippen molar-refractivity contribution in [2.75, 3.05) is 10.8 Å². The SMILES string of the molecule is Cc1ccc(N(CC(=O)N/N=C\c2cc3ccccc3nc2Cl)S(=O)(=O)c2ccccc2)cc1. The van der Waals surface area contributed by atoms with Crippen LogP contribution < -0.4 is 9.73 Å². The first-order chi connectivity index (χ1) is 16.3. The molecule has 0 atom stereocenters. The third-order valence-electron chi connectivity index (χ3n) is 5.04. The standard InChI is InChI=1S/C25H21ClN4O3S/c1-18-11-13-21(14-12-18)30(34(32,33)22-8-3-2-4-9-22)17-24(31)29-27-16-20-15-19-7-5-6-10-23(19)28-25(20)26/h2-16H,17H2,1H3,(H,29,31)/b27-16-. The second-order valence-electron chi connectivity index (χ2n) is 7.51. The van der Waals surface area contributed by atoms with Gasteiger partial charge in [-0.2, -0.15) is 5.10 Å². The fraction of sp³-hybridized carbons (Fsp3) is 0.0800. The maximum Gasteiger partial charge on any atom is 0.264 e. The van der Waals surface area contributed by atoms with Gasteiger partial charge < -0.3 is 0 Å². The molecule has 0 aliphatic heterocycles. The van der Waals surface area contributed by atoms with Gasteiger partial charge in [0.2, 0.25) is 0 Å². The van der Waals surface area contributed by atoms with Crippen LogP contribution in [0.4, 0.5) is 5.69 Å². The monoisotopic (exact) mass is 492 g/mol. The van der Waals surface area contributed by atoms with Gasteiger partial charge in [-0.05, 0) is 43.3 Å². The molecule has 0 aliphatic carbocycles. The van der Waals surface area contributed by atoms with E-state index in [1.165, 1.54) is 18.3 Å². The average molecular weight is 493 g/mol. The van der Waals surface area contributed by atoms with Gasteiger partial charge in [-0.25, -0.2) is 18.8 Å². The van der Waals surface area contributed by atoms with Crippen LogP contribution in [-0.2, 0) is 14.8 Å². The number of aromatic nitrogens is 1. The van der Waals surface area contributed by atoms with Crippen LogP contribution in [0, 0.1) is 6.92 Å². The lowest BCUT2D eigenvalue weighted by Crippen LogP contribution is -2.39. The molecule has 0 spiro atoms. The number of carbonyl (C=O) groups is 1. The Morgan fingerprint density at radius 3 is 2.44 bits per heavy atom. The van der Waals surface area contributed by atoms with Crippen molar-refractivity contribution in [3.8, 4) is 0 Å². The molecule has 1 amide bonds. The Balaban J connectivity index is 1.55. The molecule has 1 heterocycles. The molecule has 0 aliphatic rings. The minimum atomic E-state index is -3.98. The number of nitrogens with zero attached hydrogens (tertiary/aromatic N) is 3. The fourth-order valence-corrected chi connectivity index (χ4v) is 4.92. The number of sulfonamides is 1. The van der Waals surface area contributed by atoms with E-state index in [4.69, 9.17) is 11.6 Å². The average Bonchev–Trinajstić information content (AvgIpc) is 2.84. The number of fused-ring (bicyclic) bond motifs is 1. The number of para-hydroxylation sites is 1. The molecule has 3 aromatic carbocycles. The summed E-state index contributed by atoms with van der Waals surface area (Å²) in [6.07, 6.45) is 1.38. The molecule has 0 unspecified atom stereocenters. The molecular weight excluding hydrogens is 472 g/mol. The topological polar surface area (TPSA) is 91.7 Å². The van der Waals surface area contributed by atoms with E-state index in [1.807, 2.05) is 31.2 Å². The van der Waals surface area contributed by atoms with Gasteiger partial charge >= 0.3 is 0 Å². The van der Waals surface area contributed by atoms with Gasteiger partial charge in [0.05, 0.1) is 22.3 Å². The zero-order chi connectivity index (χ0) is 24.1. The second kappa shape index (κ2) is 10.0. The summed E-state index contributed by atoms with van der Waals surface area (Å²) in [5, 5.41) is 5.07. The number of hydrazone groups is 1. The van der Waals surface area contributed by atoms with Crippen LogP contribution in [0.2, 0.25) is 5.15 Å². The number of benzene rings is 3. The number of rotatable bonds is 7. The van der Waals surface area contributed by atoms with E-state index in [1.54, 1.807) is 48.5 Å². The second-order valence-corrected chi connectivity index (χ2v) is 9.73. The lowest BCUT2D eigenvalue weighted by molar-refractivity contribution is -0.119. The third kappa shape index (κ3) is 5.24. The van der Waals surface area contributed by atoms with Gasteiger partial charge in [0, 0.05) is 10.9 Å². The highest BCUT2D eigenvalue weighted by atomic mass is 35.5. The molecule has 1 aromatic heterocycles. The van der Waals surface area contributed by atoms with E-state index in [2.05, 4.69) is 15.5 Å². The van der Waals surface area contributed by atoms with Crippen molar-refractivity contribution in [3.05, 3.63) is 101 Å². The summed E-state index contributed by atoms with van der Waals surface area (Å²) in [4.78, 5) is 17.1. The lowest BCUT2D eigenvalue weighted by atomic mass is 10.2. The summed E-state index contributed by atoms with van der Waals surface area (Å²) in [6, 6.07) is 24.1. The molecule has 9 heteroatoms. The highest BCUT2D eigenvalue weighted by Crippen LogP contribution is 2.24. The molecule has 0 fully saturated rings. The molecule has 0 saturated carbocycles. The van der Waals surface area contributed by atoms with Crippen molar-refractivity contribution < 1.29 is 13.2 Å². The normalized spacial score (nSPS) is 11.6. The highest BCUT2D eigenvalue weighted by molar-refractivity contribution is 7.92. The van der Waals surface area contributed by atoms with Crippen molar-refractivity contribution in [1.82, 2.24) is 10.4 Å². The highest BCUT2D eigenvalue weighted by Gasteiger charge is 2.27. The number of anilines is 1. The minimum absolute atomic E-state index is 0.0842. The van der Waals surface area contributed by atoms with Crippen LogP contribution >= 0.6 is 11.6 Å². The first-order valence-electron chi connectivity index (χ1n) is 10.4. The number of carbonyl (C=O) groups excluding carboxylic acids is 1. The summed E-state index contributed by atoms with van der Waals surface area (Å²) in [5.41, 5.74) is 4.98. The Bertz CT molecular complexity index is 1460. The molecule has 4 aromatic rings. The minimum Gasteiger partial charge on any atom is -0.271 e. The van der Waals surface area contributed by atoms with E-state index in [0.717, 1.165) is 20.8 Å². The van der Waals surface area contributed by atoms with Crippen molar-refractivity contribution in [1.29, 1.82) is 0 Å². The van der Waals surface area contributed by atoms with Crippen molar-refractivity contribution in [2.45, 2.75) is 11.8 Å². The number of aryl methyl sites for hydroxylation is 1. The Hall–Kier alpha value is -3.75. The van der Waals surface area contributed by atoms with Gasteiger partial charge in [-0.15, -0.1) is 0 Å². The van der Waals surface area contributed by atoms with Gasteiger partial charge in [-0.3, -0.25) is 9.10 Å². The van der Waals surface area contributed by atoms with Crippen LogP contribution in [0.15, 0.2) is 94.9 Å². The summed E-state index contributed by atoms with van der Waals surface area (Å²) in [5.74, 6) is -0.610. The molecule has 0 bridgehead atoms. The molecule has 7 nitrogen and oxygen atoms in total. The van der Waals surface area contributed by atoms with Gasteiger partial charge in [-0.1, -0.05) is 65.7 Å². The van der Waals surface area contributed by atoms with E-state index in [0.29, 0.717) is 11.3 Å². The number of hydrogen-bond acceptors (Lipinski definition) is 5.